The first-order valence-electron chi connectivity index (χ1n) is 22.7. The van der Waals surface area contributed by atoms with Crippen molar-refractivity contribution < 1.29 is 40.6 Å². The lowest BCUT2D eigenvalue weighted by molar-refractivity contribution is 0.219. The van der Waals surface area contributed by atoms with Crippen molar-refractivity contribution in [2.75, 3.05) is 17.9 Å². The highest BCUT2D eigenvalue weighted by molar-refractivity contribution is 7.92. The number of rotatable bonds is 14. The summed E-state index contributed by atoms with van der Waals surface area (Å²) in [6.45, 7) is 0.520. The number of fused-ring (bicyclic) bond motifs is 2. The van der Waals surface area contributed by atoms with E-state index < -0.39 is 30.1 Å². The summed E-state index contributed by atoms with van der Waals surface area (Å²) in [6.07, 6.45) is 5.03. The molecule has 0 atom stereocenters. The fourth-order valence-electron chi connectivity index (χ4n) is 8.08. The predicted molar refractivity (Wildman–Crippen MR) is 283 cm³/mol. The molecule has 12 nitrogen and oxygen atoms in total. The molecule has 6 N–H and O–H groups in total. The van der Waals surface area contributed by atoms with Crippen LogP contribution in [0.4, 0.5) is 5.69 Å². The van der Waals surface area contributed by atoms with Gasteiger partial charge in [-0.25, -0.2) is 34.7 Å². The Morgan fingerprint density at radius 2 is 1.00 bits per heavy atom. The minimum Gasteiger partial charge on any atom is -0.508 e. The van der Waals surface area contributed by atoms with Crippen LogP contribution in [0.3, 0.4) is 0 Å². The van der Waals surface area contributed by atoms with Crippen LogP contribution >= 0.6 is 23.2 Å². The molecule has 0 spiro atoms. The molecule has 0 aliphatic heterocycles. The van der Waals surface area contributed by atoms with Gasteiger partial charge in [-0.05, 0) is 143 Å². The van der Waals surface area contributed by atoms with Crippen molar-refractivity contribution in [3.63, 3.8) is 0 Å². The van der Waals surface area contributed by atoms with Crippen molar-refractivity contribution in [1.82, 2.24) is 9.44 Å². The second-order valence-corrected chi connectivity index (χ2v) is 22.9. The first-order valence-corrected chi connectivity index (χ1v) is 27.9. The Balaban J connectivity index is 0.000000157. The highest BCUT2D eigenvalue weighted by atomic mass is 35.5. The van der Waals surface area contributed by atoms with Crippen molar-refractivity contribution in [1.29, 1.82) is 0 Å². The van der Waals surface area contributed by atoms with Gasteiger partial charge < -0.3 is 15.3 Å². The van der Waals surface area contributed by atoms with Gasteiger partial charge in [-0.2, -0.15) is 0 Å². The zero-order chi connectivity index (χ0) is 50.6. The standard InChI is InChI=1S/C20H19NO3S.C18H23NO3S.C16H11Cl2NO3S/c22-19-10-6-16(7-11-19)14-15-21-25(23,24)20-12-8-18(9-13-20)17-4-2-1-3-5-17;20-12-11-14-5-8-17(9-6-14)19-23(21,22)18-10-7-15-3-1-2-4-16(15)13-18;17-14-8-12(9-15(18)16(14)20)19-23(21,22)13-6-5-10-3-1-2-4-11(10)7-13/h1-13,21-22H,14-15H2;1-4,7,10,13-14,17,19-20H,5-6,8-9,11-12H2;1-9,19-20H. The van der Waals surface area contributed by atoms with Crippen LogP contribution in [0.2, 0.25) is 10.0 Å². The van der Waals surface area contributed by atoms with Crippen LogP contribution in [0.1, 0.15) is 37.7 Å². The smallest absolute Gasteiger partial charge is 0.261 e. The van der Waals surface area contributed by atoms with Gasteiger partial charge in [0.15, 0.2) is 5.75 Å². The zero-order valence-electron chi connectivity index (χ0n) is 38.3. The van der Waals surface area contributed by atoms with Crippen molar-refractivity contribution in [2.45, 2.75) is 59.3 Å². The van der Waals surface area contributed by atoms with E-state index in [1.54, 1.807) is 60.7 Å². The molecule has 0 unspecified atom stereocenters. The number of benzene rings is 8. The molecule has 370 valence electrons. The zero-order valence-corrected chi connectivity index (χ0v) is 42.3. The number of hydrogen-bond acceptors (Lipinski definition) is 9. The molecule has 8 aromatic rings. The summed E-state index contributed by atoms with van der Waals surface area (Å²) in [6, 6.07) is 51.3. The van der Waals surface area contributed by atoms with Gasteiger partial charge in [0.05, 0.1) is 30.4 Å². The topological polar surface area (TPSA) is 199 Å². The van der Waals surface area contributed by atoms with Gasteiger partial charge in [-0.3, -0.25) is 4.72 Å². The van der Waals surface area contributed by atoms with Crippen LogP contribution < -0.4 is 14.2 Å². The van der Waals surface area contributed by atoms with Gasteiger partial charge in [-0.15, -0.1) is 0 Å². The van der Waals surface area contributed by atoms with Gasteiger partial charge in [0.1, 0.15) is 5.75 Å². The van der Waals surface area contributed by atoms with Crippen LogP contribution in [-0.2, 0) is 36.5 Å². The van der Waals surface area contributed by atoms with Crippen molar-refractivity contribution >= 4 is 80.5 Å². The average Bonchev–Trinajstić information content (AvgIpc) is 3.37. The number of sulfonamides is 3. The van der Waals surface area contributed by atoms with E-state index in [9.17, 15) is 35.5 Å². The van der Waals surface area contributed by atoms with E-state index in [1.807, 2.05) is 97.1 Å². The lowest BCUT2D eigenvalue weighted by atomic mass is 9.85. The minimum atomic E-state index is -3.80. The summed E-state index contributed by atoms with van der Waals surface area (Å²) >= 11 is 11.6. The highest BCUT2D eigenvalue weighted by Gasteiger charge is 2.26. The second-order valence-electron chi connectivity index (χ2n) is 17.0. The molecule has 0 radical (unpaired) electrons. The van der Waals surface area contributed by atoms with Crippen LogP contribution in [0.15, 0.2) is 191 Å². The van der Waals surface area contributed by atoms with Gasteiger partial charge in [0.25, 0.3) is 10.0 Å². The first-order chi connectivity index (χ1) is 34.0. The Hall–Kier alpha value is -6.01. The third-order valence-electron chi connectivity index (χ3n) is 12.0. The third-order valence-corrected chi connectivity index (χ3v) is 16.9. The molecule has 0 aromatic heterocycles. The molecule has 1 fully saturated rings. The molecule has 0 heterocycles. The second kappa shape index (κ2) is 23.9. The van der Waals surface area contributed by atoms with Crippen LogP contribution in [0.25, 0.3) is 32.7 Å². The predicted octanol–water partition coefficient (Wildman–Crippen LogP) is 11.3. The Labute approximate surface area is 425 Å². The maximum absolute atomic E-state index is 12.6. The number of anilines is 1. The Kier molecular flexibility index (Phi) is 17.8. The third kappa shape index (κ3) is 14.6. The van der Waals surface area contributed by atoms with E-state index >= 15 is 0 Å². The number of aliphatic hydroxyl groups is 1. The highest BCUT2D eigenvalue weighted by Crippen LogP contribution is 2.36. The quantitative estimate of drug-likeness (QED) is 0.0574. The number of aromatic hydroxyl groups is 2. The maximum atomic E-state index is 12.6. The molecule has 1 aliphatic rings. The molecule has 1 saturated carbocycles. The van der Waals surface area contributed by atoms with Crippen molar-refractivity contribution in [3.8, 4) is 22.6 Å². The molecule has 1 aliphatic carbocycles. The van der Waals surface area contributed by atoms with Crippen LogP contribution in [0.5, 0.6) is 11.5 Å². The fourth-order valence-corrected chi connectivity index (χ4v) is 12.0. The van der Waals surface area contributed by atoms with Gasteiger partial charge in [0.2, 0.25) is 20.0 Å². The summed E-state index contributed by atoms with van der Waals surface area (Å²) in [4.78, 5) is 0.697. The number of phenols is 2. The van der Waals surface area contributed by atoms with Crippen molar-refractivity contribution in [2.24, 2.45) is 5.92 Å². The Bertz CT molecular complexity index is 3390. The van der Waals surface area contributed by atoms with Gasteiger partial charge in [-0.1, -0.05) is 138 Å². The minimum absolute atomic E-state index is 0.00131. The average molecular weight is 1060 g/mol. The normalized spacial score (nSPS) is 15.0. The fraction of sp³-hybridized carbons (Fsp3) is 0.185. The van der Waals surface area contributed by atoms with E-state index in [2.05, 4.69) is 14.2 Å². The monoisotopic (exact) mass is 1050 g/mol. The lowest BCUT2D eigenvalue weighted by Gasteiger charge is -2.28. The van der Waals surface area contributed by atoms with E-state index in [0.717, 1.165) is 70.3 Å². The molecule has 17 heteroatoms. The van der Waals surface area contributed by atoms with Gasteiger partial charge in [0, 0.05) is 19.2 Å². The SMILES string of the molecule is O=S(=O)(NC1CCC(CCO)CC1)c1ccc2ccccc2c1.O=S(=O)(NCCc1ccc(O)cc1)c1ccc(-c2ccccc2)cc1.O=S(=O)(Nc1cc(Cl)c(O)c(Cl)c1)c1ccc2ccccc2c1. The summed E-state index contributed by atoms with van der Waals surface area (Å²) in [7, 11) is -10.8. The number of hydrogen-bond donors (Lipinski definition) is 6. The van der Waals surface area contributed by atoms with E-state index in [4.69, 9.17) is 28.3 Å². The largest absolute Gasteiger partial charge is 0.508 e. The number of halogens is 2. The molecule has 9 rings (SSSR count). The first kappa shape index (κ1) is 52.8. The molecule has 0 bridgehead atoms. The molecular weight excluding hydrogens is 1000 g/mol. The van der Waals surface area contributed by atoms with Crippen LogP contribution in [0, 0.1) is 5.92 Å². The molecule has 0 saturated heterocycles. The summed E-state index contributed by atoms with van der Waals surface area (Å²) in [5, 5.41) is 31.4. The maximum Gasteiger partial charge on any atom is 0.261 e. The van der Waals surface area contributed by atoms with E-state index in [0.29, 0.717) is 23.8 Å². The number of aliphatic hydroxyl groups excluding tert-OH is 1. The van der Waals surface area contributed by atoms with E-state index in [-0.39, 0.29) is 49.7 Å². The Morgan fingerprint density at radius 3 is 1.55 bits per heavy atom. The van der Waals surface area contributed by atoms with Crippen LogP contribution in [-0.4, -0.2) is 59.8 Å². The molecule has 71 heavy (non-hydrogen) atoms. The van der Waals surface area contributed by atoms with Gasteiger partial charge >= 0.3 is 0 Å². The summed E-state index contributed by atoms with van der Waals surface area (Å²) in [5.74, 6) is 0.436. The van der Waals surface area contributed by atoms with E-state index in [1.165, 1.54) is 18.2 Å². The molecular formula is C54H53Cl2N3O9S3. The molecule has 8 aromatic carbocycles. The Morgan fingerprint density at radius 1 is 0.507 bits per heavy atom. The molecule has 0 amide bonds. The lowest BCUT2D eigenvalue weighted by Crippen LogP contribution is -2.37. The number of nitrogens with one attached hydrogen (secondary N) is 3. The summed E-state index contributed by atoms with van der Waals surface area (Å²) in [5.41, 5.74) is 3.15. The number of phenolic OH excluding ortho intramolecular Hbond substituents is 2. The van der Waals surface area contributed by atoms with Crippen molar-refractivity contribution in [3.05, 3.63) is 192 Å². The summed E-state index contributed by atoms with van der Waals surface area (Å²) < 4.78 is 82.8.